The summed E-state index contributed by atoms with van der Waals surface area (Å²) in [6.07, 6.45) is -4.95. The van der Waals surface area contributed by atoms with Crippen LogP contribution in [0.4, 0.5) is 0 Å². The summed E-state index contributed by atoms with van der Waals surface area (Å²) in [5, 5.41) is 0. The van der Waals surface area contributed by atoms with Gasteiger partial charge in [-0.3, -0.25) is 0 Å². The van der Waals surface area contributed by atoms with Gasteiger partial charge in [-0.05, 0) is 13.8 Å². The van der Waals surface area contributed by atoms with E-state index in [0.29, 0.717) is 0 Å². The summed E-state index contributed by atoms with van der Waals surface area (Å²) in [6.45, 7) is 2.64. The second kappa shape index (κ2) is 10.5. The molecular formula is C15H28O12S. The molecule has 0 bridgehead atoms. The van der Waals surface area contributed by atoms with Crippen molar-refractivity contribution in [3.8, 4) is 0 Å². The van der Waals surface area contributed by atoms with Crippen molar-refractivity contribution in [2.45, 2.75) is 50.3 Å². The number of ether oxygens (including phenoxy) is 8. The van der Waals surface area contributed by atoms with E-state index in [0.717, 1.165) is 0 Å². The van der Waals surface area contributed by atoms with E-state index in [9.17, 15) is 8.42 Å². The normalized spacial score (nSPS) is 32.1. The van der Waals surface area contributed by atoms with Gasteiger partial charge in [0.1, 0.15) is 44.8 Å². The molecule has 2 aliphatic rings. The second-order valence-corrected chi connectivity index (χ2v) is 7.69. The summed E-state index contributed by atoms with van der Waals surface area (Å²) in [6, 6.07) is 0. The van der Waals surface area contributed by atoms with Crippen LogP contribution in [0.1, 0.15) is 13.8 Å². The maximum absolute atomic E-state index is 11.9. The molecule has 0 aromatic rings. The molecule has 0 aromatic carbocycles. The van der Waals surface area contributed by atoms with Crippen LogP contribution in [0.25, 0.3) is 0 Å². The van der Waals surface area contributed by atoms with Gasteiger partial charge in [0, 0.05) is 21.3 Å². The Bertz CT molecular complexity index is 559. The van der Waals surface area contributed by atoms with Crippen LogP contribution in [0.15, 0.2) is 0 Å². The fourth-order valence-electron chi connectivity index (χ4n) is 2.87. The Hall–Kier alpha value is -0.450. The Morgan fingerprint density at radius 1 is 1.00 bits per heavy atom. The van der Waals surface area contributed by atoms with Gasteiger partial charge in [-0.1, -0.05) is 0 Å². The molecule has 2 heterocycles. The molecule has 2 fully saturated rings. The van der Waals surface area contributed by atoms with Crippen molar-refractivity contribution in [1.82, 2.24) is 0 Å². The fraction of sp³-hybridized carbons (Fsp3) is 1.00. The zero-order valence-electron chi connectivity index (χ0n) is 16.5. The van der Waals surface area contributed by atoms with Crippen LogP contribution in [0, 0.1) is 0 Å². The van der Waals surface area contributed by atoms with Crippen LogP contribution >= 0.6 is 0 Å². The molecule has 2 saturated heterocycles. The molecule has 2 rings (SSSR count). The van der Waals surface area contributed by atoms with Crippen molar-refractivity contribution >= 4 is 10.4 Å². The number of fused-ring (bicyclic) bond motifs is 1. The van der Waals surface area contributed by atoms with Gasteiger partial charge in [-0.15, -0.1) is 0 Å². The molecule has 166 valence electrons. The Morgan fingerprint density at radius 3 is 2.18 bits per heavy atom. The van der Waals surface area contributed by atoms with Crippen LogP contribution in [-0.4, -0.2) is 93.2 Å². The first kappa shape index (κ1) is 23.8. The third kappa shape index (κ3) is 6.53. The van der Waals surface area contributed by atoms with Gasteiger partial charge in [0.2, 0.25) is 0 Å². The molecule has 4 atom stereocenters. The topological polar surface area (TPSA) is 126 Å². The number of rotatable bonds is 10. The molecule has 0 amide bonds. The van der Waals surface area contributed by atoms with Crippen LogP contribution in [0.3, 0.4) is 0 Å². The predicted molar refractivity (Wildman–Crippen MR) is 90.0 cm³/mol. The summed E-state index contributed by atoms with van der Waals surface area (Å²) in [5.41, 5.74) is 0. The monoisotopic (exact) mass is 432 g/mol. The lowest BCUT2D eigenvalue weighted by Crippen LogP contribution is -2.55. The summed E-state index contributed by atoms with van der Waals surface area (Å²) in [7, 11) is 0.0719. The summed E-state index contributed by atoms with van der Waals surface area (Å²) in [4.78, 5) is 0. The SMILES string of the molecule is COCOC(OCOC)[C@H]1OC(C)(C)O[C@@H]2COS(=O)(=O)O[C@H]2C1OCOC. The van der Waals surface area contributed by atoms with Crippen molar-refractivity contribution in [1.29, 1.82) is 0 Å². The average Bonchev–Trinajstić information content (AvgIpc) is 2.73. The van der Waals surface area contributed by atoms with Crippen LogP contribution < -0.4 is 0 Å². The average molecular weight is 432 g/mol. The highest BCUT2D eigenvalue weighted by atomic mass is 32.3. The van der Waals surface area contributed by atoms with E-state index < -0.39 is 46.9 Å². The van der Waals surface area contributed by atoms with E-state index in [-0.39, 0.29) is 27.0 Å². The summed E-state index contributed by atoms with van der Waals surface area (Å²) in [5.74, 6) is -1.17. The van der Waals surface area contributed by atoms with Crippen molar-refractivity contribution in [3.05, 3.63) is 0 Å². The zero-order valence-corrected chi connectivity index (χ0v) is 17.3. The Balaban J connectivity index is 2.38. The lowest BCUT2D eigenvalue weighted by atomic mass is 10.0. The largest absolute Gasteiger partial charge is 0.400 e. The van der Waals surface area contributed by atoms with Gasteiger partial charge in [-0.2, -0.15) is 8.42 Å². The third-order valence-electron chi connectivity index (χ3n) is 3.82. The van der Waals surface area contributed by atoms with Gasteiger partial charge in [0.15, 0.2) is 12.1 Å². The maximum atomic E-state index is 11.9. The quantitative estimate of drug-likeness (QED) is 0.421. The smallest absolute Gasteiger partial charge is 0.359 e. The molecule has 0 aliphatic carbocycles. The standard InChI is InChI=1S/C15H28O12S/c1-15(2)25-10-6-24-28(16,17)27-11(10)12(21-7-18-3)13(26-15)14(22-8-19-4)23-9-20-5/h10-14H,6-9H2,1-5H3/t10-,11-,12?,13+/m1/s1. The van der Waals surface area contributed by atoms with Gasteiger partial charge in [0.25, 0.3) is 0 Å². The lowest BCUT2D eigenvalue weighted by Gasteiger charge is -2.36. The molecule has 0 spiro atoms. The molecule has 28 heavy (non-hydrogen) atoms. The van der Waals surface area contributed by atoms with E-state index in [1.807, 2.05) is 0 Å². The van der Waals surface area contributed by atoms with Gasteiger partial charge in [0.05, 0.1) is 6.61 Å². The molecule has 12 nitrogen and oxygen atoms in total. The van der Waals surface area contributed by atoms with Gasteiger partial charge >= 0.3 is 10.4 Å². The van der Waals surface area contributed by atoms with Crippen LogP contribution in [0.5, 0.6) is 0 Å². The third-order valence-corrected chi connectivity index (χ3v) is 4.70. The van der Waals surface area contributed by atoms with Crippen molar-refractivity contribution < 1.29 is 54.7 Å². The number of hydrogen-bond acceptors (Lipinski definition) is 12. The molecule has 0 N–H and O–H groups in total. The highest BCUT2D eigenvalue weighted by molar-refractivity contribution is 7.81. The molecule has 1 unspecified atom stereocenters. The Morgan fingerprint density at radius 2 is 1.61 bits per heavy atom. The highest BCUT2D eigenvalue weighted by Crippen LogP contribution is 2.35. The summed E-state index contributed by atoms with van der Waals surface area (Å²) < 4.78 is 77.2. The number of methoxy groups -OCH3 is 3. The van der Waals surface area contributed by atoms with E-state index in [1.54, 1.807) is 13.8 Å². The van der Waals surface area contributed by atoms with Crippen molar-refractivity contribution in [2.24, 2.45) is 0 Å². The minimum atomic E-state index is -4.23. The molecule has 0 radical (unpaired) electrons. The van der Waals surface area contributed by atoms with E-state index in [2.05, 4.69) is 0 Å². The lowest BCUT2D eigenvalue weighted by molar-refractivity contribution is -0.322. The molecule has 0 aromatic heterocycles. The first-order valence-electron chi connectivity index (χ1n) is 8.48. The zero-order chi connectivity index (χ0) is 20.8. The van der Waals surface area contributed by atoms with Crippen molar-refractivity contribution in [3.63, 3.8) is 0 Å². The minimum absolute atomic E-state index is 0.122. The molecule has 13 heteroatoms. The summed E-state index contributed by atoms with van der Waals surface area (Å²) >= 11 is 0. The Kier molecular flexibility index (Phi) is 8.97. The number of hydrogen-bond donors (Lipinski definition) is 0. The van der Waals surface area contributed by atoms with Gasteiger partial charge in [-0.25, -0.2) is 8.37 Å². The van der Waals surface area contributed by atoms with Crippen molar-refractivity contribution in [2.75, 3.05) is 48.3 Å². The van der Waals surface area contributed by atoms with E-state index >= 15 is 0 Å². The molecular weight excluding hydrogens is 404 g/mol. The first-order valence-corrected chi connectivity index (χ1v) is 9.81. The fourth-order valence-corrected chi connectivity index (χ4v) is 3.73. The van der Waals surface area contributed by atoms with E-state index in [1.165, 1.54) is 21.3 Å². The van der Waals surface area contributed by atoms with Gasteiger partial charge < -0.3 is 37.9 Å². The molecule has 2 aliphatic heterocycles. The van der Waals surface area contributed by atoms with E-state index in [4.69, 9.17) is 46.3 Å². The first-order chi connectivity index (χ1) is 13.2. The maximum Gasteiger partial charge on any atom is 0.400 e. The van der Waals surface area contributed by atoms with Crippen LogP contribution in [-0.2, 0) is 56.7 Å². The van der Waals surface area contributed by atoms with Crippen LogP contribution in [0.2, 0.25) is 0 Å². The predicted octanol–water partition coefficient (Wildman–Crippen LogP) is -0.277. The minimum Gasteiger partial charge on any atom is -0.359 e. The highest BCUT2D eigenvalue weighted by Gasteiger charge is 2.53. The molecule has 0 saturated carbocycles. The Labute approximate surface area is 164 Å². The second-order valence-electron chi connectivity index (χ2n) is 6.44.